The van der Waals surface area contributed by atoms with E-state index in [0.717, 1.165) is 11.3 Å². The van der Waals surface area contributed by atoms with Crippen LogP contribution in [-0.4, -0.2) is 25.1 Å². The Morgan fingerprint density at radius 1 is 1.38 bits per heavy atom. The molecule has 2 aromatic heterocycles. The van der Waals surface area contributed by atoms with E-state index in [1.165, 1.54) is 14.2 Å². The van der Waals surface area contributed by atoms with E-state index in [0.29, 0.717) is 15.8 Å². The lowest BCUT2D eigenvalue weighted by Gasteiger charge is -2.17. The van der Waals surface area contributed by atoms with E-state index in [4.69, 9.17) is 26.7 Å². The number of anilines is 2. The number of carbonyl (C=O) groups is 1. The molecule has 110 valence electrons. The lowest BCUT2D eigenvalue weighted by atomic mass is 10.0. The average Bonchev–Trinajstić information content (AvgIpc) is 2.77. The minimum Gasteiger partial charge on any atom is -0.397 e. The fourth-order valence-corrected chi connectivity index (χ4v) is 3.04. The maximum absolute atomic E-state index is 11.4. The highest BCUT2D eigenvalue weighted by Gasteiger charge is 2.27. The summed E-state index contributed by atoms with van der Waals surface area (Å²) in [7, 11) is 2.82. The van der Waals surface area contributed by atoms with E-state index >= 15 is 0 Å². The molecule has 0 spiro atoms. The molecule has 2 rings (SSSR count). The van der Waals surface area contributed by atoms with Crippen LogP contribution in [0, 0.1) is 11.3 Å². The molecular weight excluding hydrogens is 294 g/mol. The number of amides is 1. The highest BCUT2D eigenvalue weighted by atomic mass is 32.1. The smallest absolute Gasteiger partial charge is 0.260 e. The molecule has 0 radical (unpaired) electrons. The predicted molar refractivity (Wildman–Crippen MR) is 78.4 cm³/mol. The van der Waals surface area contributed by atoms with Crippen molar-refractivity contribution in [3.05, 3.63) is 16.0 Å². The molecule has 0 aliphatic rings. The Labute approximate surface area is 124 Å². The lowest BCUT2D eigenvalue weighted by molar-refractivity contribution is -0.105. The quantitative estimate of drug-likeness (QED) is 0.704. The third kappa shape index (κ3) is 2.25. The molecule has 2 heterocycles. The van der Waals surface area contributed by atoms with Crippen molar-refractivity contribution in [3.63, 3.8) is 0 Å². The van der Waals surface area contributed by atoms with Crippen molar-refractivity contribution in [2.45, 2.75) is 6.29 Å². The van der Waals surface area contributed by atoms with Gasteiger partial charge in [-0.2, -0.15) is 5.26 Å². The van der Waals surface area contributed by atoms with Gasteiger partial charge in [0.1, 0.15) is 27.2 Å². The van der Waals surface area contributed by atoms with Gasteiger partial charge in [-0.15, -0.1) is 11.3 Å². The normalized spacial score (nSPS) is 11.0. The molecule has 0 bridgehead atoms. The molecule has 0 saturated carbocycles. The van der Waals surface area contributed by atoms with Crippen molar-refractivity contribution >= 4 is 39.0 Å². The predicted octanol–water partition coefficient (Wildman–Crippen LogP) is 0.723. The standard InChI is InChI=1S/C12H13N5O3S/c1-19-12(20-2)5-4(3-13)9(15)17-11-6(5)7(14)8(21-11)10(16)18/h12H,14H2,1-2H3,(H2,15,17)(H2,16,18). The van der Waals surface area contributed by atoms with Gasteiger partial charge in [0.15, 0.2) is 6.29 Å². The third-order valence-electron chi connectivity index (χ3n) is 2.94. The number of methoxy groups -OCH3 is 2. The zero-order chi connectivity index (χ0) is 15.7. The molecule has 0 saturated heterocycles. The van der Waals surface area contributed by atoms with Crippen molar-refractivity contribution in [2.75, 3.05) is 25.7 Å². The van der Waals surface area contributed by atoms with Crippen LogP contribution < -0.4 is 17.2 Å². The first-order valence-electron chi connectivity index (χ1n) is 5.73. The Kier molecular flexibility index (Phi) is 3.95. The highest BCUT2D eigenvalue weighted by molar-refractivity contribution is 7.21. The number of thiophene rings is 1. The number of pyridine rings is 1. The molecule has 0 fully saturated rings. The van der Waals surface area contributed by atoms with Crippen LogP contribution in [-0.2, 0) is 9.47 Å². The molecule has 0 unspecified atom stereocenters. The van der Waals surface area contributed by atoms with Gasteiger partial charge >= 0.3 is 0 Å². The van der Waals surface area contributed by atoms with Crippen LogP contribution in [0.15, 0.2) is 0 Å². The van der Waals surface area contributed by atoms with E-state index < -0.39 is 12.2 Å². The summed E-state index contributed by atoms with van der Waals surface area (Å²) in [6.07, 6.45) is -0.870. The number of nitrogens with zero attached hydrogens (tertiary/aromatic N) is 2. The van der Waals surface area contributed by atoms with Gasteiger partial charge in [-0.05, 0) is 0 Å². The molecule has 1 amide bonds. The van der Waals surface area contributed by atoms with Crippen molar-refractivity contribution in [3.8, 4) is 6.07 Å². The monoisotopic (exact) mass is 307 g/mol. The SMILES string of the molecule is COC(OC)c1c(C#N)c(N)nc2sc(C(N)=O)c(N)c12. The number of carbonyl (C=O) groups excluding carboxylic acids is 1. The largest absolute Gasteiger partial charge is 0.397 e. The number of hydrogen-bond acceptors (Lipinski definition) is 8. The van der Waals surface area contributed by atoms with Gasteiger partial charge in [0.05, 0.1) is 5.69 Å². The summed E-state index contributed by atoms with van der Waals surface area (Å²) in [4.78, 5) is 16.1. The van der Waals surface area contributed by atoms with Gasteiger partial charge in [-0.25, -0.2) is 4.98 Å². The maximum Gasteiger partial charge on any atom is 0.260 e. The van der Waals surface area contributed by atoms with Gasteiger partial charge in [0.2, 0.25) is 0 Å². The van der Waals surface area contributed by atoms with E-state index in [1.54, 1.807) is 0 Å². The van der Waals surface area contributed by atoms with Crippen LogP contribution in [0.3, 0.4) is 0 Å². The molecule has 6 N–H and O–H groups in total. The van der Waals surface area contributed by atoms with Gasteiger partial charge in [0.25, 0.3) is 5.91 Å². The zero-order valence-corrected chi connectivity index (χ0v) is 12.2. The van der Waals surface area contributed by atoms with Gasteiger partial charge in [-0.1, -0.05) is 0 Å². The lowest BCUT2D eigenvalue weighted by Crippen LogP contribution is -2.12. The number of nitrogens with two attached hydrogens (primary N) is 3. The summed E-state index contributed by atoms with van der Waals surface area (Å²) in [5, 5.41) is 9.69. The van der Waals surface area contributed by atoms with Gasteiger partial charge < -0.3 is 26.7 Å². The minimum atomic E-state index is -0.870. The molecule has 8 nitrogen and oxygen atoms in total. The number of nitrogen functional groups attached to an aromatic ring is 2. The number of ether oxygens (including phenoxy) is 2. The molecule has 21 heavy (non-hydrogen) atoms. The van der Waals surface area contributed by atoms with Crippen molar-refractivity contribution in [1.82, 2.24) is 4.98 Å². The Bertz CT molecular complexity index is 761. The summed E-state index contributed by atoms with van der Waals surface area (Å²) in [5.41, 5.74) is 17.6. The number of aromatic nitrogens is 1. The molecule has 0 aliphatic heterocycles. The van der Waals surface area contributed by atoms with Crippen molar-refractivity contribution < 1.29 is 14.3 Å². The third-order valence-corrected chi connectivity index (χ3v) is 4.06. The fraction of sp³-hybridized carbons (Fsp3) is 0.250. The van der Waals surface area contributed by atoms with Crippen molar-refractivity contribution in [2.24, 2.45) is 5.73 Å². The average molecular weight is 307 g/mol. The topological polar surface area (TPSA) is 150 Å². The van der Waals surface area contributed by atoms with E-state index in [1.807, 2.05) is 6.07 Å². The highest BCUT2D eigenvalue weighted by Crippen LogP contribution is 2.40. The number of hydrogen-bond donors (Lipinski definition) is 3. The number of fused-ring (bicyclic) bond motifs is 1. The second-order valence-corrected chi connectivity index (χ2v) is 5.09. The van der Waals surface area contributed by atoms with Crippen LogP contribution in [0.4, 0.5) is 11.5 Å². The van der Waals surface area contributed by atoms with E-state index in [9.17, 15) is 10.1 Å². The first-order chi connectivity index (χ1) is 9.96. The summed E-state index contributed by atoms with van der Waals surface area (Å²) < 4.78 is 10.4. The minimum absolute atomic E-state index is 0.0105. The van der Waals surface area contributed by atoms with E-state index in [2.05, 4.69) is 4.98 Å². The molecule has 0 aliphatic carbocycles. The summed E-state index contributed by atoms with van der Waals surface area (Å²) in [5.74, 6) is -0.665. The van der Waals surface area contributed by atoms with Crippen LogP contribution >= 0.6 is 11.3 Å². The number of nitriles is 1. The van der Waals surface area contributed by atoms with Gasteiger partial charge in [0, 0.05) is 25.2 Å². The molecule has 9 heteroatoms. The van der Waals surface area contributed by atoms with Crippen LogP contribution in [0.1, 0.15) is 27.1 Å². The Morgan fingerprint density at radius 2 is 2.00 bits per heavy atom. The maximum atomic E-state index is 11.4. The number of rotatable bonds is 4. The van der Waals surface area contributed by atoms with Gasteiger partial charge in [-0.3, -0.25) is 4.79 Å². The molecular formula is C12H13N5O3S. The molecule has 0 atom stereocenters. The fourth-order valence-electron chi connectivity index (χ4n) is 2.07. The first-order valence-corrected chi connectivity index (χ1v) is 6.54. The van der Waals surface area contributed by atoms with Crippen LogP contribution in [0.2, 0.25) is 0 Å². The summed E-state index contributed by atoms with van der Waals surface area (Å²) >= 11 is 1.01. The zero-order valence-electron chi connectivity index (χ0n) is 11.3. The van der Waals surface area contributed by atoms with E-state index in [-0.39, 0.29) is 21.9 Å². The number of primary amides is 1. The summed E-state index contributed by atoms with van der Waals surface area (Å²) in [6.45, 7) is 0. The Hall–Kier alpha value is -2.41. The van der Waals surface area contributed by atoms with Crippen LogP contribution in [0.5, 0.6) is 0 Å². The van der Waals surface area contributed by atoms with Crippen LogP contribution in [0.25, 0.3) is 10.2 Å². The Balaban J connectivity index is 2.96. The Morgan fingerprint density at radius 3 is 2.48 bits per heavy atom. The summed E-state index contributed by atoms with van der Waals surface area (Å²) in [6, 6.07) is 1.96. The first kappa shape index (κ1) is 15.0. The molecule has 0 aromatic carbocycles. The second-order valence-electron chi connectivity index (χ2n) is 4.09. The second kappa shape index (κ2) is 5.53. The molecule has 2 aromatic rings. The van der Waals surface area contributed by atoms with Crippen molar-refractivity contribution in [1.29, 1.82) is 5.26 Å².